The van der Waals surface area contributed by atoms with Crippen molar-refractivity contribution in [1.82, 2.24) is 34.6 Å². The second-order valence-electron chi connectivity index (χ2n) is 9.35. The number of morpholine rings is 2. The number of nitrogens with one attached hydrogen (secondary N) is 2. The number of hydrogen-bond donors (Lipinski definition) is 2. The molecule has 0 bridgehead atoms. The molecule has 12 heteroatoms. The van der Waals surface area contributed by atoms with Gasteiger partial charge in [-0.3, -0.25) is 9.80 Å². The molecule has 3 aliphatic heterocycles. The van der Waals surface area contributed by atoms with Gasteiger partial charge in [0, 0.05) is 78.5 Å². The number of likely N-dealkylation sites (N-methyl/N-ethyl adjacent to an activating group) is 1. The van der Waals surface area contributed by atoms with Crippen molar-refractivity contribution in [3.63, 3.8) is 0 Å². The van der Waals surface area contributed by atoms with Crippen LogP contribution in [0.3, 0.4) is 0 Å². The average molecular weight is 487 g/mol. The summed E-state index contributed by atoms with van der Waals surface area (Å²) in [6, 6.07) is 0. The van der Waals surface area contributed by atoms with Gasteiger partial charge in [0.2, 0.25) is 5.95 Å². The quantitative estimate of drug-likeness (QED) is 0.484. The van der Waals surface area contributed by atoms with E-state index in [1.807, 2.05) is 0 Å². The smallest absolute Gasteiger partial charge is 0.229 e. The number of anilines is 3. The monoisotopic (exact) mass is 486 g/mol. The minimum absolute atomic E-state index is 0.611. The standard InChI is InChI=1S/C23H38N10O2/c1-30-6-8-31(9-7-30)5-3-25-21-20-22(29-23(28-21)33-12-16-35-17-13-33)27-19(18-26-20)24-2-4-32-10-14-34-15-11-32/h18H,2-17H2,1H3,(H2,24,25,27,28,29). The number of fused-ring (bicyclic) bond motifs is 1. The highest BCUT2D eigenvalue weighted by atomic mass is 16.5. The second-order valence-corrected chi connectivity index (χ2v) is 9.35. The Morgan fingerprint density at radius 3 is 2.17 bits per heavy atom. The van der Waals surface area contributed by atoms with E-state index in [-0.39, 0.29) is 0 Å². The van der Waals surface area contributed by atoms with Crippen molar-refractivity contribution in [1.29, 1.82) is 0 Å². The molecule has 0 unspecified atom stereocenters. The summed E-state index contributed by atoms with van der Waals surface area (Å²) in [4.78, 5) is 28.6. The SMILES string of the molecule is CN1CCN(CCNc2nc(N3CCOCC3)nc3nc(NCCN4CCOCC4)cnc23)CC1. The molecular weight excluding hydrogens is 448 g/mol. The zero-order valence-electron chi connectivity index (χ0n) is 20.8. The maximum atomic E-state index is 5.52. The van der Waals surface area contributed by atoms with Crippen molar-refractivity contribution < 1.29 is 9.47 Å². The van der Waals surface area contributed by atoms with Crippen molar-refractivity contribution in [2.45, 2.75) is 0 Å². The van der Waals surface area contributed by atoms with Crippen LogP contribution in [0.15, 0.2) is 6.20 Å². The van der Waals surface area contributed by atoms with Crippen LogP contribution < -0.4 is 15.5 Å². The van der Waals surface area contributed by atoms with E-state index in [1.165, 1.54) is 0 Å². The lowest BCUT2D eigenvalue weighted by Gasteiger charge is -2.32. The topological polar surface area (TPSA) is 107 Å². The van der Waals surface area contributed by atoms with Gasteiger partial charge in [0.05, 0.1) is 32.6 Å². The largest absolute Gasteiger partial charge is 0.379 e. The Bertz CT molecular complexity index is 943. The van der Waals surface area contributed by atoms with Gasteiger partial charge in [-0.1, -0.05) is 0 Å². The van der Waals surface area contributed by atoms with Gasteiger partial charge in [-0.05, 0) is 7.05 Å². The number of piperazine rings is 1. The van der Waals surface area contributed by atoms with Crippen molar-refractivity contribution in [3.05, 3.63) is 6.20 Å². The summed E-state index contributed by atoms with van der Waals surface area (Å²) >= 11 is 0. The van der Waals surface area contributed by atoms with E-state index >= 15 is 0 Å². The Labute approximate surface area is 207 Å². The van der Waals surface area contributed by atoms with Crippen molar-refractivity contribution in [2.75, 3.05) is 128 Å². The van der Waals surface area contributed by atoms with Crippen molar-refractivity contribution >= 4 is 28.7 Å². The number of nitrogens with zero attached hydrogens (tertiary/aromatic N) is 8. The van der Waals surface area contributed by atoms with Gasteiger partial charge in [0.15, 0.2) is 17.0 Å². The first-order valence-electron chi connectivity index (χ1n) is 12.8. The fourth-order valence-electron chi connectivity index (χ4n) is 4.58. The Kier molecular flexibility index (Phi) is 8.37. The van der Waals surface area contributed by atoms with Crippen LogP contribution in [0.25, 0.3) is 11.2 Å². The molecule has 3 aliphatic rings. The molecule has 0 atom stereocenters. The highest BCUT2D eigenvalue weighted by Gasteiger charge is 2.19. The van der Waals surface area contributed by atoms with Crippen molar-refractivity contribution in [3.8, 4) is 0 Å². The van der Waals surface area contributed by atoms with E-state index in [4.69, 9.17) is 29.4 Å². The van der Waals surface area contributed by atoms with Gasteiger partial charge in [-0.25, -0.2) is 9.97 Å². The van der Waals surface area contributed by atoms with Gasteiger partial charge in [0.25, 0.3) is 0 Å². The average Bonchev–Trinajstić information content (AvgIpc) is 2.90. The molecule has 0 amide bonds. The Balaban J connectivity index is 1.27. The molecule has 35 heavy (non-hydrogen) atoms. The molecule has 3 saturated heterocycles. The third kappa shape index (κ3) is 6.64. The molecule has 12 nitrogen and oxygen atoms in total. The fraction of sp³-hybridized carbons (Fsp3) is 0.739. The molecule has 0 aliphatic carbocycles. The van der Waals surface area contributed by atoms with Crippen LogP contribution in [-0.4, -0.2) is 147 Å². The first-order chi connectivity index (χ1) is 17.2. The summed E-state index contributed by atoms with van der Waals surface area (Å²) in [6.45, 7) is 14.4. The predicted molar refractivity (Wildman–Crippen MR) is 136 cm³/mol. The summed E-state index contributed by atoms with van der Waals surface area (Å²) < 4.78 is 11.0. The Morgan fingerprint density at radius 1 is 0.771 bits per heavy atom. The molecule has 0 aromatic carbocycles. The van der Waals surface area contributed by atoms with Crippen LogP contribution in [0.4, 0.5) is 17.6 Å². The molecule has 5 rings (SSSR count). The van der Waals surface area contributed by atoms with Gasteiger partial charge in [-0.15, -0.1) is 0 Å². The highest BCUT2D eigenvalue weighted by molar-refractivity contribution is 5.84. The lowest BCUT2D eigenvalue weighted by Crippen LogP contribution is -2.45. The minimum atomic E-state index is 0.611. The van der Waals surface area contributed by atoms with E-state index in [2.05, 4.69) is 37.3 Å². The summed E-state index contributed by atoms with van der Waals surface area (Å²) in [7, 11) is 2.18. The fourth-order valence-corrected chi connectivity index (χ4v) is 4.58. The first-order valence-corrected chi connectivity index (χ1v) is 12.8. The van der Waals surface area contributed by atoms with E-state index < -0.39 is 0 Å². The van der Waals surface area contributed by atoms with Crippen LogP contribution in [-0.2, 0) is 9.47 Å². The number of aromatic nitrogens is 4. The van der Waals surface area contributed by atoms with E-state index in [9.17, 15) is 0 Å². The van der Waals surface area contributed by atoms with Crippen LogP contribution in [0, 0.1) is 0 Å². The molecular formula is C23H38N10O2. The van der Waals surface area contributed by atoms with Gasteiger partial charge >= 0.3 is 0 Å². The predicted octanol–water partition coefficient (Wildman–Crippen LogP) is -0.340. The third-order valence-corrected chi connectivity index (χ3v) is 6.84. The Hall–Kier alpha value is -2.38. The van der Waals surface area contributed by atoms with Gasteiger partial charge in [0.1, 0.15) is 5.82 Å². The highest BCUT2D eigenvalue weighted by Crippen LogP contribution is 2.22. The van der Waals surface area contributed by atoms with Crippen LogP contribution in [0.1, 0.15) is 0 Å². The zero-order valence-corrected chi connectivity index (χ0v) is 20.8. The lowest BCUT2D eigenvalue weighted by atomic mass is 10.3. The molecule has 192 valence electrons. The molecule has 2 aromatic rings. The molecule has 0 saturated carbocycles. The van der Waals surface area contributed by atoms with Gasteiger partial charge in [-0.2, -0.15) is 9.97 Å². The first kappa shape index (κ1) is 24.3. The minimum Gasteiger partial charge on any atom is -0.379 e. The maximum absolute atomic E-state index is 5.52. The maximum Gasteiger partial charge on any atom is 0.229 e. The molecule has 3 fully saturated rings. The molecule has 0 radical (unpaired) electrons. The number of ether oxygens (including phenoxy) is 2. The zero-order chi connectivity index (χ0) is 23.9. The number of rotatable bonds is 9. The van der Waals surface area contributed by atoms with E-state index in [0.717, 1.165) is 103 Å². The summed E-state index contributed by atoms with van der Waals surface area (Å²) in [6.07, 6.45) is 1.78. The molecule has 5 heterocycles. The second kappa shape index (κ2) is 12.0. The molecule has 2 N–H and O–H groups in total. The van der Waals surface area contributed by atoms with Gasteiger partial charge < -0.3 is 29.9 Å². The van der Waals surface area contributed by atoms with Crippen molar-refractivity contribution in [2.24, 2.45) is 0 Å². The summed E-state index contributed by atoms with van der Waals surface area (Å²) in [5.74, 6) is 2.17. The van der Waals surface area contributed by atoms with E-state index in [0.29, 0.717) is 30.3 Å². The van der Waals surface area contributed by atoms with Crippen LogP contribution in [0.5, 0.6) is 0 Å². The lowest BCUT2D eigenvalue weighted by molar-refractivity contribution is 0.0398. The van der Waals surface area contributed by atoms with E-state index in [1.54, 1.807) is 6.20 Å². The van der Waals surface area contributed by atoms with Crippen LogP contribution in [0.2, 0.25) is 0 Å². The normalized spacial score (nSPS) is 20.9. The Morgan fingerprint density at radius 2 is 1.43 bits per heavy atom. The summed E-state index contributed by atoms with van der Waals surface area (Å²) in [5.41, 5.74) is 1.32. The number of hydrogen-bond acceptors (Lipinski definition) is 12. The molecule has 0 spiro atoms. The van der Waals surface area contributed by atoms with Crippen LogP contribution >= 0.6 is 0 Å². The molecule has 2 aromatic heterocycles. The third-order valence-electron chi connectivity index (χ3n) is 6.84. The summed E-state index contributed by atoms with van der Waals surface area (Å²) in [5, 5.41) is 6.94.